The summed E-state index contributed by atoms with van der Waals surface area (Å²) >= 11 is 6.13. The van der Waals surface area contributed by atoms with Gasteiger partial charge >= 0.3 is 12.3 Å². The first kappa shape index (κ1) is 27.6. The van der Waals surface area contributed by atoms with Crippen molar-refractivity contribution in [3.8, 4) is 5.75 Å². The summed E-state index contributed by atoms with van der Waals surface area (Å²) in [5.74, 6) is -0.326. The summed E-state index contributed by atoms with van der Waals surface area (Å²) in [6.45, 7) is 6.09. The first-order chi connectivity index (χ1) is 16.8. The SMILES string of the molecule is COc1ccc(CNC(=O)c2cc(C(F)(F)F)ccc2N(C(=O)OC(C)(C)C)[C@@H]2CCNC2)cc1Cl. The van der Waals surface area contributed by atoms with E-state index in [2.05, 4.69) is 10.6 Å². The van der Waals surface area contributed by atoms with Gasteiger partial charge in [-0.1, -0.05) is 17.7 Å². The minimum atomic E-state index is -4.68. The Hall–Kier alpha value is -2.98. The first-order valence-corrected chi connectivity index (χ1v) is 11.7. The van der Waals surface area contributed by atoms with Crippen molar-refractivity contribution in [1.82, 2.24) is 10.6 Å². The molecule has 7 nitrogen and oxygen atoms in total. The van der Waals surface area contributed by atoms with E-state index in [0.29, 0.717) is 35.8 Å². The van der Waals surface area contributed by atoms with E-state index in [1.165, 1.54) is 12.0 Å². The molecule has 0 aromatic heterocycles. The van der Waals surface area contributed by atoms with Crippen molar-refractivity contribution in [3.63, 3.8) is 0 Å². The molecule has 0 saturated carbocycles. The van der Waals surface area contributed by atoms with E-state index >= 15 is 0 Å². The second-order valence-electron chi connectivity index (χ2n) is 9.38. The average molecular weight is 528 g/mol. The maximum atomic E-state index is 13.5. The Morgan fingerprint density at radius 2 is 1.89 bits per heavy atom. The van der Waals surface area contributed by atoms with Crippen LogP contribution in [0.15, 0.2) is 36.4 Å². The lowest BCUT2D eigenvalue weighted by Crippen LogP contribution is -2.45. The third kappa shape index (κ3) is 6.82. The van der Waals surface area contributed by atoms with Crippen LogP contribution in [0.1, 0.15) is 48.7 Å². The number of methoxy groups -OCH3 is 1. The standard InChI is InChI=1S/C25H29ClF3N3O4/c1-24(2,3)36-23(34)32(17-9-10-30-14-17)20-7-6-16(25(27,28)29)12-18(20)22(33)31-13-15-5-8-21(35-4)19(26)11-15/h5-8,11-12,17,30H,9-10,13-14H2,1-4H3,(H,31,33)/t17-/m1/s1. The van der Waals surface area contributed by atoms with Crippen LogP contribution in [0.4, 0.5) is 23.7 Å². The van der Waals surface area contributed by atoms with E-state index in [1.54, 1.807) is 39.0 Å². The molecule has 0 spiro atoms. The molecule has 0 bridgehead atoms. The second-order valence-corrected chi connectivity index (χ2v) is 9.79. The Balaban J connectivity index is 1.99. The minimum Gasteiger partial charge on any atom is -0.495 e. The van der Waals surface area contributed by atoms with E-state index in [1.807, 2.05) is 0 Å². The zero-order valence-electron chi connectivity index (χ0n) is 20.5. The number of nitrogens with zero attached hydrogens (tertiary/aromatic N) is 1. The number of rotatable bonds is 6. The summed E-state index contributed by atoms with van der Waals surface area (Å²) in [6.07, 6.45) is -4.87. The van der Waals surface area contributed by atoms with Gasteiger partial charge in [0.25, 0.3) is 5.91 Å². The van der Waals surface area contributed by atoms with E-state index in [9.17, 15) is 22.8 Å². The van der Waals surface area contributed by atoms with Gasteiger partial charge in [-0.3, -0.25) is 9.69 Å². The number of hydrogen-bond acceptors (Lipinski definition) is 5. The molecule has 1 atom stereocenters. The Labute approximate surface area is 212 Å². The minimum absolute atomic E-state index is 0.00431. The lowest BCUT2D eigenvalue weighted by atomic mass is 10.0. The first-order valence-electron chi connectivity index (χ1n) is 11.3. The normalized spacial score (nSPS) is 15.9. The predicted molar refractivity (Wildman–Crippen MR) is 131 cm³/mol. The maximum Gasteiger partial charge on any atom is 0.416 e. The average Bonchev–Trinajstić information content (AvgIpc) is 3.30. The highest BCUT2D eigenvalue weighted by molar-refractivity contribution is 6.32. The lowest BCUT2D eigenvalue weighted by Gasteiger charge is -2.32. The number of carbonyl (C=O) groups excluding carboxylic acids is 2. The van der Waals surface area contributed by atoms with E-state index in [0.717, 1.165) is 18.2 Å². The van der Waals surface area contributed by atoms with Crippen LogP contribution in [0.5, 0.6) is 5.75 Å². The molecule has 0 radical (unpaired) electrons. The molecule has 0 unspecified atom stereocenters. The van der Waals surface area contributed by atoms with Crippen LogP contribution in [0, 0.1) is 0 Å². The van der Waals surface area contributed by atoms with E-state index in [4.69, 9.17) is 21.1 Å². The Kier molecular flexibility index (Phi) is 8.40. The predicted octanol–water partition coefficient (Wildman–Crippen LogP) is 5.40. The van der Waals surface area contributed by atoms with Crippen molar-refractivity contribution in [1.29, 1.82) is 0 Å². The monoisotopic (exact) mass is 527 g/mol. The van der Waals surface area contributed by atoms with Gasteiger partial charge in [0, 0.05) is 13.1 Å². The summed E-state index contributed by atoms with van der Waals surface area (Å²) in [5, 5.41) is 6.09. The summed E-state index contributed by atoms with van der Waals surface area (Å²) in [6, 6.07) is 7.24. The highest BCUT2D eigenvalue weighted by atomic mass is 35.5. The van der Waals surface area contributed by atoms with Crippen LogP contribution < -0.4 is 20.3 Å². The molecule has 1 aliphatic rings. The molecule has 2 aromatic rings. The highest BCUT2D eigenvalue weighted by Gasteiger charge is 2.37. The van der Waals surface area contributed by atoms with Gasteiger partial charge in [-0.05, 0) is 69.6 Å². The molecule has 2 aromatic carbocycles. The lowest BCUT2D eigenvalue weighted by molar-refractivity contribution is -0.137. The fourth-order valence-electron chi connectivity index (χ4n) is 3.82. The number of nitrogens with one attached hydrogen (secondary N) is 2. The number of benzene rings is 2. The van der Waals surface area contributed by atoms with Crippen LogP contribution in [0.2, 0.25) is 5.02 Å². The number of hydrogen-bond donors (Lipinski definition) is 2. The molecule has 2 N–H and O–H groups in total. The van der Waals surface area contributed by atoms with Crippen molar-refractivity contribution in [2.45, 2.75) is 51.6 Å². The van der Waals surface area contributed by atoms with Gasteiger partial charge in [-0.2, -0.15) is 13.2 Å². The topological polar surface area (TPSA) is 79.9 Å². The van der Waals surface area contributed by atoms with Crippen LogP contribution in [0.3, 0.4) is 0 Å². The smallest absolute Gasteiger partial charge is 0.416 e. The summed E-state index contributed by atoms with van der Waals surface area (Å²) < 4.78 is 51.3. The molecule has 11 heteroatoms. The molecule has 1 heterocycles. The number of amides is 2. The Morgan fingerprint density at radius 1 is 1.17 bits per heavy atom. The molecule has 3 rings (SSSR count). The van der Waals surface area contributed by atoms with E-state index < -0.39 is 35.4 Å². The fraction of sp³-hybridized carbons (Fsp3) is 0.440. The number of ether oxygens (including phenoxy) is 2. The molecule has 1 saturated heterocycles. The zero-order chi connectivity index (χ0) is 26.7. The van der Waals surface area contributed by atoms with E-state index in [-0.39, 0.29) is 17.8 Å². The molecule has 0 aliphatic carbocycles. The summed E-state index contributed by atoms with van der Waals surface area (Å²) in [4.78, 5) is 27.7. The van der Waals surface area contributed by atoms with Gasteiger partial charge in [-0.15, -0.1) is 0 Å². The zero-order valence-corrected chi connectivity index (χ0v) is 21.2. The summed E-state index contributed by atoms with van der Waals surface area (Å²) in [5.41, 5.74) is -1.48. The molecule has 1 aliphatic heterocycles. The van der Waals surface area contributed by atoms with Crippen molar-refractivity contribution < 1.29 is 32.2 Å². The van der Waals surface area contributed by atoms with Gasteiger partial charge in [0.15, 0.2) is 0 Å². The van der Waals surface area contributed by atoms with Crippen molar-refractivity contribution >= 4 is 29.3 Å². The molecular formula is C25H29ClF3N3O4. The van der Waals surface area contributed by atoms with Crippen LogP contribution in [-0.2, 0) is 17.5 Å². The number of carbonyl (C=O) groups is 2. The molecular weight excluding hydrogens is 499 g/mol. The van der Waals surface area contributed by atoms with Crippen LogP contribution >= 0.6 is 11.6 Å². The molecule has 2 amide bonds. The Morgan fingerprint density at radius 3 is 2.44 bits per heavy atom. The van der Waals surface area contributed by atoms with Gasteiger partial charge < -0.3 is 20.1 Å². The third-order valence-electron chi connectivity index (χ3n) is 5.49. The molecule has 196 valence electrons. The van der Waals surface area contributed by atoms with Gasteiger partial charge in [-0.25, -0.2) is 4.79 Å². The van der Waals surface area contributed by atoms with Crippen molar-refractivity contribution in [2.75, 3.05) is 25.1 Å². The fourth-order valence-corrected chi connectivity index (χ4v) is 4.10. The third-order valence-corrected chi connectivity index (χ3v) is 5.78. The van der Waals surface area contributed by atoms with Gasteiger partial charge in [0.05, 0.1) is 35.0 Å². The Bertz CT molecular complexity index is 1110. The summed E-state index contributed by atoms with van der Waals surface area (Å²) in [7, 11) is 1.47. The second kappa shape index (κ2) is 11.0. The number of halogens is 4. The highest BCUT2D eigenvalue weighted by Crippen LogP contribution is 2.35. The number of anilines is 1. The maximum absolute atomic E-state index is 13.5. The van der Waals surface area contributed by atoms with Crippen LogP contribution in [0.25, 0.3) is 0 Å². The van der Waals surface area contributed by atoms with Crippen molar-refractivity contribution in [3.05, 3.63) is 58.1 Å². The molecule has 1 fully saturated rings. The van der Waals surface area contributed by atoms with Gasteiger partial charge in [0.2, 0.25) is 0 Å². The quantitative estimate of drug-likeness (QED) is 0.526. The molecule has 36 heavy (non-hydrogen) atoms. The number of alkyl halides is 3. The van der Waals surface area contributed by atoms with Gasteiger partial charge in [0.1, 0.15) is 11.4 Å². The largest absolute Gasteiger partial charge is 0.495 e. The van der Waals surface area contributed by atoms with Crippen LogP contribution in [-0.4, -0.2) is 43.8 Å². The van der Waals surface area contributed by atoms with Crippen molar-refractivity contribution in [2.24, 2.45) is 0 Å².